The van der Waals surface area contributed by atoms with Crippen molar-refractivity contribution in [3.63, 3.8) is 0 Å². The lowest BCUT2D eigenvalue weighted by Gasteiger charge is -2.09. The van der Waals surface area contributed by atoms with Gasteiger partial charge in [-0.3, -0.25) is 0 Å². The van der Waals surface area contributed by atoms with Gasteiger partial charge >= 0.3 is 6.03 Å². The number of carbonyl (C=O) groups excluding carboxylic acids is 1. The van der Waals surface area contributed by atoms with Crippen molar-refractivity contribution in [2.45, 2.75) is 13.8 Å². The molecule has 4 nitrogen and oxygen atoms in total. The fourth-order valence-electron chi connectivity index (χ4n) is 0.872. The van der Waals surface area contributed by atoms with Crippen LogP contribution in [-0.4, -0.2) is 45.2 Å². The predicted octanol–water partition coefficient (Wildman–Crippen LogP) is 1.27. The molecule has 0 aromatic carbocycles. The van der Waals surface area contributed by atoms with Crippen molar-refractivity contribution < 1.29 is 9.53 Å². The number of nitrogens with one attached hydrogen (secondary N) is 2. The van der Waals surface area contributed by atoms with E-state index in [0.29, 0.717) is 25.6 Å². The molecular weight excluding hydrogens is 211 g/mol. The summed E-state index contributed by atoms with van der Waals surface area (Å²) in [4.78, 5) is 11.2. The lowest BCUT2D eigenvalue weighted by Crippen LogP contribution is -2.39. The number of rotatable bonds is 8. The number of urea groups is 1. The van der Waals surface area contributed by atoms with E-state index in [1.807, 2.05) is 0 Å². The monoisotopic (exact) mass is 234 g/mol. The molecule has 1 unspecified atom stereocenters. The topological polar surface area (TPSA) is 50.4 Å². The van der Waals surface area contributed by atoms with Gasteiger partial charge in [0.15, 0.2) is 0 Å². The van der Waals surface area contributed by atoms with Crippen LogP contribution in [0.25, 0.3) is 0 Å². The van der Waals surface area contributed by atoms with E-state index in [1.54, 1.807) is 0 Å². The van der Waals surface area contributed by atoms with Crippen molar-refractivity contribution in [3.8, 4) is 0 Å². The highest BCUT2D eigenvalue weighted by Crippen LogP contribution is 1.98. The summed E-state index contributed by atoms with van der Waals surface area (Å²) in [5, 5.41) is 5.52. The van der Waals surface area contributed by atoms with Crippen LogP contribution < -0.4 is 10.6 Å². The van der Waals surface area contributed by atoms with Gasteiger partial charge in [-0.05, 0) is 18.7 Å². The normalized spacial score (nSPS) is 11.2. The zero-order chi connectivity index (χ0) is 11.5. The molecule has 15 heavy (non-hydrogen) atoms. The summed E-state index contributed by atoms with van der Waals surface area (Å²) in [5.74, 6) is 0.484. The lowest BCUT2D eigenvalue weighted by molar-refractivity contribution is 0.151. The maximum atomic E-state index is 11.2. The fourth-order valence-corrected chi connectivity index (χ4v) is 1.22. The van der Waals surface area contributed by atoms with Gasteiger partial charge in [-0.25, -0.2) is 4.79 Å². The Bertz CT molecular complexity index is 166. The number of ether oxygens (including phenoxy) is 1. The van der Waals surface area contributed by atoms with Crippen molar-refractivity contribution in [1.29, 1.82) is 0 Å². The second-order valence-corrected chi connectivity index (χ2v) is 4.95. The molecule has 1 atom stereocenters. The molecular formula is C10H23N2O2P. The van der Waals surface area contributed by atoms with Crippen LogP contribution in [0.1, 0.15) is 13.8 Å². The molecule has 0 rings (SSSR count). The van der Waals surface area contributed by atoms with Crippen LogP contribution in [0, 0.1) is 5.92 Å². The Hall–Kier alpha value is -0.340. The van der Waals surface area contributed by atoms with Crippen LogP contribution >= 0.6 is 8.58 Å². The molecule has 0 aromatic heterocycles. The summed E-state index contributed by atoms with van der Waals surface area (Å²) < 4.78 is 5.31. The Labute approximate surface area is 94.3 Å². The third-order valence-electron chi connectivity index (χ3n) is 1.70. The Morgan fingerprint density at radius 1 is 1.33 bits per heavy atom. The minimum atomic E-state index is -0.107. The first-order valence-corrected chi connectivity index (χ1v) is 7.11. The molecule has 0 spiro atoms. The summed E-state index contributed by atoms with van der Waals surface area (Å²) in [5.41, 5.74) is 0. The van der Waals surface area contributed by atoms with E-state index in [-0.39, 0.29) is 6.03 Å². The summed E-state index contributed by atoms with van der Waals surface area (Å²) in [6, 6.07) is -0.107. The van der Waals surface area contributed by atoms with Crippen LogP contribution in [0.2, 0.25) is 0 Å². The van der Waals surface area contributed by atoms with Gasteiger partial charge in [0.1, 0.15) is 0 Å². The predicted molar refractivity (Wildman–Crippen MR) is 66.2 cm³/mol. The number of hydrogen-bond donors (Lipinski definition) is 2. The maximum Gasteiger partial charge on any atom is 0.314 e. The molecule has 0 bridgehead atoms. The first-order valence-electron chi connectivity index (χ1n) is 5.41. The van der Waals surface area contributed by atoms with Crippen molar-refractivity contribution in [1.82, 2.24) is 10.6 Å². The van der Waals surface area contributed by atoms with Crippen LogP contribution in [0.5, 0.6) is 0 Å². The van der Waals surface area contributed by atoms with Crippen LogP contribution in [0.4, 0.5) is 4.79 Å². The average molecular weight is 234 g/mol. The minimum Gasteiger partial charge on any atom is -0.379 e. The highest BCUT2D eigenvalue weighted by molar-refractivity contribution is 7.37. The molecule has 0 heterocycles. The standard InChI is InChI=1S/C10H23N2O2P/c1-9(2)8-12-10(13)11-4-5-14-6-7-15-3/h9,15H,4-8H2,1-3H3,(H2,11,12,13). The lowest BCUT2D eigenvalue weighted by atomic mass is 10.2. The van der Waals surface area contributed by atoms with E-state index in [0.717, 1.165) is 21.3 Å². The SMILES string of the molecule is CPCCOCCNC(=O)NCC(C)C. The highest BCUT2D eigenvalue weighted by atomic mass is 31.1. The molecule has 0 aliphatic rings. The summed E-state index contributed by atoms with van der Waals surface area (Å²) in [7, 11) is 0.937. The van der Waals surface area contributed by atoms with Gasteiger partial charge < -0.3 is 15.4 Å². The third kappa shape index (κ3) is 11.6. The van der Waals surface area contributed by atoms with Gasteiger partial charge in [-0.2, -0.15) is 0 Å². The molecule has 0 saturated carbocycles. The van der Waals surface area contributed by atoms with E-state index in [9.17, 15) is 4.79 Å². The van der Waals surface area contributed by atoms with Crippen molar-refractivity contribution >= 4 is 14.6 Å². The van der Waals surface area contributed by atoms with Gasteiger partial charge in [-0.15, -0.1) is 8.58 Å². The zero-order valence-corrected chi connectivity index (χ0v) is 10.9. The quantitative estimate of drug-likeness (QED) is 0.491. The molecule has 2 N–H and O–H groups in total. The molecule has 0 aliphatic carbocycles. The van der Waals surface area contributed by atoms with Gasteiger partial charge in [0.2, 0.25) is 0 Å². The zero-order valence-electron chi connectivity index (χ0n) is 9.93. The first kappa shape index (κ1) is 14.7. The Morgan fingerprint density at radius 2 is 2.07 bits per heavy atom. The van der Waals surface area contributed by atoms with E-state index < -0.39 is 0 Å². The first-order chi connectivity index (χ1) is 7.16. The molecule has 0 aliphatic heterocycles. The largest absolute Gasteiger partial charge is 0.379 e. The van der Waals surface area contributed by atoms with Crippen LogP contribution in [0.15, 0.2) is 0 Å². The molecule has 90 valence electrons. The summed E-state index contributed by atoms with van der Waals surface area (Å²) in [6.45, 7) is 8.97. The number of amides is 2. The van der Waals surface area contributed by atoms with Gasteiger partial charge in [-0.1, -0.05) is 13.8 Å². The van der Waals surface area contributed by atoms with E-state index >= 15 is 0 Å². The van der Waals surface area contributed by atoms with Crippen molar-refractivity contribution in [2.75, 3.05) is 39.1 Å². The molecule has 0 fully saturated rings. The van der Waals surface area contributed by atoms with Crippen LogP contribution in [-0.2, 0) is 4.74 Å². The molecule has 5 heteroatoms. The Balaban J connectivity index is 3.17. The number of hydrogen-bond acceptors (Lipinski definition) is 2. The fraction of sp³-hybridized carbons (Fsp3) is 0.900. The van der Waals surface area contributed by atoms with E-state index in [2.05, 4.69) is 31.1 Å². The second kappa shape index (κ2) is 10.2. The van der Waals surface area contributed by atoms with Crippen LogP contribution in [0.3, 0.4) is 0 Å². The van der Waals surface area contributed by atoms with Crippen molar-refractivity contribution in [3.05, 3.63) is 0 Å². The Morgan fingerprint density at radius 3 is 2.67 bits per heavy atom. The molecule has 0 radical (unpaired) electrons. The Kier molecular flexibility index (Phi) is 9.96. The van der Waals surface area contributed by atoms with Gasteiger partial charge in [0, 0.05) is 13.1 Å². The smallest absolute Gasteiger partial charge is 0.314 e. The average Bonchev–Trinajstić information content (AvgIpc) is 2.20. The third-order valence-corrected chi connectivity index (χ3v) is 2.40. The second-order valence-electron chi connectivity index (χ2n) is 3.75. The molecule has 0 saturated heterocycles. The van der Waals surface area contributed by atoms with E-state index in [4.69, 9.17) is 4.74 Å². The summed E-state index contributed by atoms with van der Waals surface area (Å²) >= 11 is 0. The highest BCUT2D eigenvalue weighted by Gasteiger charge is 1.99. The molecule has 0 aromatic rings. The maximum absolute atomic E-state index is 11.2. The van der Waals surface area contributed by atoms with Gasteiger partial charge in [0.05, 0.1) is 13.2 Å². The van der Waals surface area contributed by atoms with Gasteiger partial charge in [0.25, 0.3) is 0 Å². The van der Waals surface area contributed by atoms with Crippen molar-refractivity contribution in [2.24, 2.45) is 5.92 Å². The minimum absolute atomic E-state index is 0.107. The molecule has 2 amide bonds. The van der Waals surface area contributed by atoms with E-state index in [1.165, 1.54) is 0 Å². The number of carbonyl (C=O) groups is 1. The summed E-state index contributed by atoms with van der Waals surface area (Å²) in [6.07, 6.45) is 1.11.